The molecule has 0 saturated carbocycles. The normalized spacial score (nSPS) is 10.5. The van der Waals surface area contributed by atoms with Crippen molar-refractivity contribution in [1.29, 1.82) is 0 Å². The van der Waals surface area contributed by atoms with Gasteiger partial charge in [0.15, 0.2) is 5.82 Å². The molecule has 0 aliphatic rings. The number of benzene rings is 1. The van der Waals surface area contributed by atoms with Crippen molar-refractivity contribution in [3.8, 4) is 11.6 Å². The van der Waals surface area contributed by atoms with E-state index in [1.807, 2.05) is 0 Å². The average molecular weight is 337 g/mol. The number of rotatable bonds is 4. The van der Waals surface area contributed by atoms with Gasteiger partial charge in [-0.15, -0.1) is 0 Å². The third-order valence-electron chi connectivity index (χ3n) is 3.68. The first kappa shape index (κ1) is 16.4. The number of aromatic nitrogens is 3. The van der Waals surface area contributed by atoms with Crippen molar-refractivity contribution in [3.05, 3.63) is 71.2 Å². The van der Waals surface area contributed by atoms with Gasteiger partial charge in [0.2, 0.25) is 5.78 Å². The Kier molecular flexibility index (Phi) is 4.30. The Morgan fingerprint density at radius 2 is 1.84 bits per heavy atom. The summed E-state index contributed by atoms with van der Waals surface area (Å²) in [7, 11) is 1.23. The number of pyridine rings is 1. The minimum atomic E-state index is -0.682. The zero-order valence-electron chi connectivity index (χ0n) is 13.6. The number of ketones is 1. The Morgan fingerprint density at radius 1 is 1.12 bits per heavy atom. The minimum absolute atomic E-state index is 0.00968. The number of nitrogens with zero attached hydrogens (tertiary/aromatic N) is 3. The van der Waals surface area contributed by atoms with Gasteiger partial charge in [-0.25, -0.2) is 14.5 Å². The molecule has 0 aliphatic heterocycles. The number of methoxy groups -OCH3 is 1. The van der Waals surface area contributed by atoms with Crippen molar-refractivity contribution >= 4 is 11.8 Å². The van der Waals surface area contributed by atoms with Crippen molar-refractivity contribution < 1.29 is 19.4 Å². The first-order valence-electron chi connectivity index (χ1n) is 7.46. The number of phenols is 1. The molecule has 0 unspecified atom stereocenters. The molecule has 0 spiro atoms. The van der Waals surface area contributed by atoms with Gasteiger partial charge in [-0.1, -0.05) is 18.2 Å². The molecule has 0 radical (unpaired) electrons. The van der Waals surface area contributed by atoms with E-state index < -0.39 is 11.8 Å². The van der Waals surface area contributed by atoms with Gasteiger partial charge >= 0.3 is 5.97 Å². The predicted octanol–water partition coefficient (Wildman–Crippen LogP) is 2.30. The van der Waals surface area contributed by atoms with Crippen LogP contribution in [0.15, 0.2) is 48.7 Å². The molecule has 1 aromatic carbocycles. The molecule has 0 atom stereocenters. The quantitative estimate of drug-likeness (QED) is 0.580. The first-order valence-corrected chi connectivity index (χ1v) is 7.46. The van der Waals surface area contributed by atoms with Gasteiger partial charge in [0.05, 0.1) is 18.4 Å². The zero-order valence-corrected chi connectivity index (χ0v) is 13.6. The number of carbonyl (C=O) groups excluding carboxylic acids is 2. The van der Waals surface area contributed by atoms with Crippen LogP contribution in [0, 0.1) is 6.92 Å². The zero-order chi connectivity index (χ0) is 18.0. The maximum absolute atomic E-state index is 13.1. The smallest absolute Gasteiger partial charge is 0.342 e. The van der Waals surface area contributed by atoms with Crippen LogP contribution in [-0.4, -0.2) is 38.7 Å². The van der Waals surface area contributed by atoms with E-state index >= 15 is 0 Å². The largest absolute Gasteiger partial charge is 0.507 e. The first-order chi connectivity index (χ1) is 12.0. The number of aryl methyl sites for hydroxylation is 1. The van der Waals surface area contributed by atoms with Gasteiger partial charge in [-0.3, -0.25) is 4.79 Å². The van der Waals surface area contributed by atoms with E-state index in [9.17, 15) is 14.7 Å². The maximum atomic E-state index is 13.1. The van der Waals surface area contributed by atoms with E-state index in [-0.39, 0.29) is 22.6 Å². The molecule has 3 aromatic rings. The topological polar surface area (TPSA) is 94.3 Å². The number of aromatic hydroxyl groups is 1. The van der Waals surface area contributed by atoms with E-state index in [1.54, 1.807) is 43.5 Å². The molecular formula is C18H15N3O4. The minimum Gasteiger partial charge on any atom is -0.507 e. The van der Waals surface area contributed by atoms with Crippen molar-refractivity contribution in [2.24, 2.45) is 0 Å². The summed E-state index contributed by atoms with van der Waals surface area (Å²) in [5, 5.41) is 14.3. The summed E-state index contributed by atoms with van der Waals surface area (Å²) in [5.74, 6) is -1.04. The molecule has 0 amide bonds. The molecule has 0 saturated heterocycles. The summed E-state index contributed by atoms with van der Waals surface area (Å²) in [5.41, 5.74) is 0.423. The molecule has 0 fully saturated rings. The van der Waals surface area contributed by atoms with E-state index in [0.29, 0.717) is 11.5 Å². The Hall–Kier alpha value is -3.48. The van der Waals surface area contributed by atoms with Gasteiger partial charge < -0.3 is 9.84 Å². The van der Waals surface area contributed by atoms with Crippen LogP contribution < -0.4 is 0 Å². The van der Waals surface area contributed by atoms with Crippen LogP contribution in [-0.2, 0) is 4.74 Å². The van der Waals surface area contributed by atoms with Crippen molar-refractivity contribution in [2.75, 3.05) is 7.11 Å². The molecule has 0 bridgehead atoms. The second-order valence-corrected chi connectivity index (χ2v) is 5.25. The Balaban J connectivity index is 2.28. The van der Waals surface area contributed by atoms with Gasteiger partial charge in [0.1, 0.15) is 17.0 Å². The van der Waals surface area contributed by atoms with Crippen LogP contribution in [0.2, 0.25) is 0 Å². The maximum Gasteiger partial charge on any atom is 0.342 e. The molecule has 1 N–H and O–H groups in total. The fourth-order valence-electron chi connectivity index (χ4n) is 2.52. The third kappa shape index (κ3) is 2.87. The Labute approximate surface area is 143 Å². The Morgan fingerprint density at radius 3 is 2.48 bits per heavy atom. The SMILES string of the molecule is COC(=O)c1c(C)nn(-c2ccccn2)c1C(=O)c1ccccc1O. The molecule has 2 aromatic heterocycles. The highest BCUT2D eigenvalue weighted by molar-refractivity contribution is 6.15. The lowest BCUT2D eigenvalue weighted by molar-refractivity contribution is 0.0596. The van der Waals surface area contributed by atoms with Gasteiger partial charge in [0, 0.05) is 6.20 Å². The summed E-state index contributed by atoms with van der Waals surface area (Å²) in [6.45, 7) is 1.60. The number of para-hydroxylation sites is 1. The van der Waals surface area contributed by atoms with Crippen molar-refractivity contribution in [2.45, 2.75) is 6.92 Å². The van der Waals surface area contributed by atoms with Gasteiger partial charge in [0.25, 0.3) is 0 Å². The van der Waals surface area contributed by atoms with Crippen LogP contribution in [0.25, 0.3) is 5.82 Å². The number of hydrogen-bond donors (Lipinski definition) is 1. The number of phenolic OH excluding ortho intramolecular Hbond substituents is 1. The number of ether oxygens (including phenoxy) is 1. The van der Waals surface area contributed by atoms with Crippen LogP contribution in [0.5, 0.6) is 5.75 Å². The van der Waals surface area contributed by atoms with Gasteiger partial charge in [-0.05, 0) is 31.2 Å². The van der Waals surface area contributed by atoms with E-state index in [1.165, 1.54) is 23.9 Å². The van der Waals surface area contributed by atoms with Crippen LogP contribution in [0.4, 0.5) is 0 Å². The highest BCUT2D eigenvalue weighted by Crippen LogP contribution is 2.25. The highest BCUT2D eigenvalue weighted by atomic mass is 16.5. The molecule has 126 valence electrons. The average Bonchev–Trinajstić information content (AvgIpc) is 2.99. The molecule has 25 heavy (non-hydrogen) atoms. The van der Waals surface area contributed by atoms with Gasteiger partial charge in [-0.2, -0.15) is 5.10 Å². The molecular weight excluding hydrogens is 322 g/mol. The van der Waals surface area contributed by atoms with E-state index in [2.05, 4.69) is 10.1 Å². The van der Waals surface area contributed by atoms with E-state index in [0.717, 1.165) is 0 Å². The summed E-state index contributed by atoms with van der Waals surface area (Å²) in [6.07, 6.45) is 1.55. The standard InChI is InChI=1S/C18H15N3O4/c1-11-15(18(24)25-2)16(17(23)12-7-3-4-8-13(12)22)21(20-11)14-9-5-6-10-19-14/h3-10,22H,1-2H3. The summed E-state index contributed by atoms with van der Waals surface area (Å²) in [4.78, 5) is 29.5. The fraction of sp³-hybridized carbons (Fsp3) is 0.111. The summed E-state index contributed by atoms with van der Waals surface area (Å²) >= 11 is 0. The van der Waals surface area contributed by atoms with Crippen LogP contribution in [0.3, 0.4) is 0 Å². The Bertz CT molecular complexity index is 948. The second-order valence-electron chi connectivity index (χ2n) is 5.25. The fourth-order valence-corrected chi connectivity index (χ4v) is 2.52. The number of hydrogen-bond acceptors (Lipinski definition) is 6. The number of esters is 1. The lowest BCUT2D eigenvalue weighted by Crippen LogP contribution is -2.16. The summed E-state index contributed by atoms with van der Waals surface area (Å²) < 4.78 is 6.08. The van der Waals surface area contributed by atoms with Crippen molar-refractivity contribution in [3.63, 3.8) is 0 Å². The van der Waals surface area contributed by atoms with Crippen LogP contribution in [0.1, 0.15) is 32.1 Å². The third-order valence-corrected chi connectivity index (χ3v) is 3.68. The molecule has 7 heteroatoms. The lowest BCUT2D eigenvalue weighted by atomic mass is 10.0. The van der Waals surface area contributed by atoms with Crippen LogP contribution >= 0.6 is 0 Å². The number of carbonyl (C=O) groups is 2. The molecule has 3 rings (SSSR count). The lowest BCUT2D eigenvalue weighted by Gasteiger charge is -2.08. The monoisotopic (exact) mass is 337 g/mol. The molecule has 2 heterocycles. The molecule has 0 aliphatic carbocycles. The van der Waals surface area contributed by atoms with Crippen molar-refractivity contribution in [1.82, 2.24) is 14.8 Å². The summed E-state index contributed by atoms with van der Waals surface area (Å²) in [6, 6.07) is 11.2. The highest BCUT2D eigenvalue weighted by Gasteiger charge is 2.30. The molecule has 7 nitrogen and oxygen atoms in total. The second kappa shape index (κ2) is 6.56. The van der Waals surface area contributed by atoms with E-state index in [4.69, 9.17) is 4.74 Å². The predicted molar refractivity (Wildman–Crippen MR) is 89.0 cm³/mol.